The molecule has 33 heavy (non-hydrogen) atoms. The number of hydrogen-bond donors (Lipinski definition) is 1. The first-order valence-electron chi connectivity index (χ1n) is 11.5. The summed E-state index contributed by atoms with van der Waals surface area (Å²) in [6.45, 7) is 5.49. The summed E-state index contributed by atoms with van der Waals surface area (Å²) in [6, 6.07) is 11.7. The van der Waals surface area contributed by atoms with Crippen molar-refractivity contribution in [3.63, 3.8) is 0 Å². The lowest BCUT2D eigenvalue weighted by atomic mass is 10.1. The summed E-state index contributed by atoms with van der Waals surface area (Å²) in [6.07, 6.45) is 6.13. The lowest BCUT2D eigenvalue weighted by molar-refractivity contribution is -0.122. The van der Waals surface area contributed by atoms with E-state index in [0.29, 0.717) is 56.7 Å². The second kappa shape index (κ2) is 9.23. The molecule has 0 atom stereocenters. The van der Waals surface area contributed by atoms with Gasteiger partial charge in [0.25, 0.3) is 5.91 Å². The summed E-state index contributed by atoms with van der Waals surface area (Å²) >= 11 is 0. The van der Waals surface area contributed by atoms with Gasteiger partial charge in [-0.05, 0) is 55.7 Å². The standard InChI is InChI=1S/C25H29N5O3/c1-18-3-2-10-30-15-21(27-24(18)30)17-33-22-8-4-19(5-9-22)25(32)29-13-11-28(12-14-29)16-23(31)26-20-6-7-20/h2-5,8-10,15,20H,6-7,11-14,16-17H2,1H3,(H,26,31). The second-order valence-corrected chi connectivity index (χ2v) is 8.88. The summed E-state index contributed by atoms with van der Waals surface area (Å²) in [4.78, 5) is 33.4. The van der Waals surface area contributed by atoms with Crippen LogP contribution in [-0.4, -0.2) is 69.8 Å². The average Bonchev–Trinajstić information content (AvgIpc) is 3.53. The van der Waals surface area contributed by atoms with Gasteiger partial charge in [-0.25, -0.2) is 4.98 Å². The average molecular weight is 448 g/mol. The summed E-state index contributed by atoms with van der Waals surface area (Å²) in [5.41, 5.74) is 3.55. The molecule has 2 aromatic heterocycles. The molecular formula is C25H29N5O3. The van der Waals surface area contributed by atoms with Gasteiger partial charge in [-0.15, -0.1) is 0 Å². The molecule has 1 aromatic carbocycles. The Morgan fingerprint density at radius 2 is 1.85 bits per heavy atom. The predicted molar refractivity (Wildman–Crippen MR) is 124 cm³/mol. The Morgan fingerprint density at radius 3 is 2.55 bits per heavy atom. The van der Waals surface area contributed by atoms with Gasteiger partial charge >= 0.3 is 0 Å². The topological polar surface area (TPSA) is 79.2 Å². The molecule has 0 radical (unpaired) electrons. The smallest absolute Gasteiger partial charge is 0.253 e. The first-order chi connectivity index (χ1) is 16.0. The van der Waals surface area contributed by atoms with Gasteiger partial charge in [0.15, 0.2) is 0 Å². The maximum atomic E-state index is 12.9. The van der Waals surface area contributed by atoms with Crippen LogP contribution in [-0.2, 0) is 11.4 Å². The molecule has 1 saturated heterocycles. The van der Waals surface area contributed by atoms with Gasteiger partial charge in [0.1, 0.15) is 18.0 Å². The number of nitrogens with zero attached hydrogens (tertiary/aromatic N) is 4. The minimum Gasteiger partial charge on any atom is -0.487 e. The van der Waals surface area contributed by atoms with E-state index >= 15 is 0 Å². The van der Waals surface area contributed by atoms with E-state index in [-0.39, 0.29) is 11.8 Å². The number of benzene rings is 1. The van der Waals surface area contributed by atoms with Gasteiger partial charge in [0.05, 0.1) is 12.2 Å². The largest absolute Gasteiger partial charge is 0.487 e. The fourth-order valence-corrected chi connectivity index (χ4v) is 4.12. The van der Waals surface area contributed by atoms with Crippen molar-refractivity contribution in [1.82, 2.24) is 24.5 Å². The van der Waals surface area contributed by atoms with E-state index in [4.69, 9.17) is 4.74 Å². The zero-order valence-electron chi connectivity index (χ0n) is 18.9. The van der Waals surface area contributed by atoms with Crippen molar-refractivity contribution in [1.29, 1.82) is 0 Å². The molecule has 3 heterocycles. The van der Waals surface area contributed by atoms with E-state index in [1.807, 2.05) is 52.9 Å². The SMILES string of the molecule is Cc1cccn2cc(COc3ccc(C(=O)N4CCN(CC(=O)NC5CC5)CC4)cc3)nc12. The molecule has 8 nitrogen and oxygen atoms in total. The zero-order chi connectivity index (χ0) is 22.8. The van der Waals surface area contributed by atoms with Crippen LogP contribution in [0, 0.1) is 6.92 Å². The highest BCUT2D eigenvalue weighted by atomic mass is 16.5. The van der Waals surface area contributed by atoms with Crippen LogP contribution in [0.4, 0.5) is 0 Å². The zero-order valence-corrected chi connectivity index (χ0v) is 18.9. The minimum absolute atomic E-state index is 0.0134. The van der Waals surface area contributed by atoms with Crippen LogP contribution in [0.2, 0.25) is 0 Å². The third-order valence-electron chi connectivity index (χ3n) is 6.18. The van der Waals surface area contributed by atoms with E-state index in [0.717, 1.165) is 29.7 Å². The summed E-state index contributed by atoms with van der Waals surface area (Å²) in [5.74, 6) is 0.804. The molecule has 5 rings (SSSR count). The summed E-state index contributed by atoms with van der Waals surface area (Å²) < 4.78 is 7.87. The fraction of sp³-hybridized carbons (Fsp3) is 0.400. The van der Waals surface area contributed by atoms with E-state index in [9.17, 15) is 9.59 Å². The van der Waals surface area contributed by atoms with E-state index < -0.39 is 0 Å². The van der Waals surface area contributed by atoms with Crippen LogP contribution in [0.5, 0.6) is 5.75 Å². The predicted octanol–water partition coefficient (Wildman–Crippen LogP) is 2.26. The van der Waals surface area contributed by atoms with Crippen LogP contribution in [0.1, 0.15) is 34.5 Å². The Kier molecular flexibility index (Phi) is 6.00. The molecule has 0 spiro atoms. The first-order valence-corrected chi connectivity index (χ1v) is 11.5. The molecule has 1 N–H and O–H groups in total. The number of hydrogen-bond acceptors (Lipinski definition) is 5. The van der Waals surface area contributed by atoms with Crippen LogP contribution >= 0.6 is 0 Å². The number of imidazole rings is 1. The normalized spacial score (nSPS) is 16.7. The van der Waals surface area contributed by atoms with Crippen molar-refractivity contribution in [3.8, 4) is 5.75 Å². The number of ether oxygens (including phenoxy) is 1. The first kappa shape index (κ1) is 21.5. The molecular weight excluding hydrogens is 418 g/mol. The van der Waals surface area contributed by atoms with Gasteiger partial charge in [0, 0.05) is 50.2 Å². The second-order valence-electron chi connectivity index (χ2n) is 8.88. The van der Waals surface area contributed by atoms with Crippen molar-refractivity contribution >= 4 is 17.5 Å². The van der Waals surface area contributed by atoms with Crippen molar-refractivity contribution in [3.05, 3.63) is 65.6 Å². The minimum atomic E-state index is 0.0134. The quantitative estimate of drug-likeness (QED) is 0.601. The van der Waals surface area contributed by atoms with Crippen LogP contribution in [0.25, 0.3) is 5.65 Å². The molecule has 172 valence electrons. The Morgan fingerprint density at radius 1 is 1.09 bits per heavy atom. The van der Waals surface area contributed by atoms with Crippen molar-refractivity contribution in [2.24, 2.45) is 0 Å². The number of rotatable bonds is 7. The van der Waals surface area contributed by atoms with Crippen LogP contribution in [0.3, 0.4) is 0 Å². The number of nitrogens with one attached hydrogen (secondary N) is 1. The Balaban J connectivity index is 1.11. The van der Waals surface area contributed by atoms with Gasteiger partial charge in [-0.2, -0.15) is 0 Å². The van der Waals surface area contributed by atoms with Crippen molar-refractivity contribution in [2.45, 2.75) is 32.4 Å². The van der Waals surface area contributed by atoms with E-state index in [2.05, 4.69) is 15.2 Å². The number of amides is 2. The Labute approximate surface area is 193 Å². The van der Waals surface area contributed by atoms with Crippen molar-refractivity contribution in [2.75, 3.05) is 32.7 Å². The summed E-state index contributed by atoms with van der Waals surface area (Å²) in [7, 11) is 0. The molecule has 1 aliphatic carbocycles. The highest BCUT2D eigenvalue weighted by molar-refractivity contribution is 5.94. The number of carbonyl (C=O) groups excluding carboxylic acids is 2. The molecule has 2 aliphatic rings. The van der Waals surface area contributed by atoms with Gasteiger partial charge in [-0.1, -0.05) is 6.07 Å². The Bertz CT molecular complexity index is 1140. The number of carbonyl (C=O) groups is 2. The third-order valence-corrected chi connectivity index (χ3v) is 6.18. The number of aryl methyl sites for hydroxylation is 1. The monoisotopic (exact) mass is 447 g/mol. The van der Waals surface area contributed by atoms with Crippen molar-refractivity contribution < 1.29 is 14.3 Å². The Hall–Kier alpha value is -3.39. The summed E-state index contributed by atoms with van der Waals surface area (Å²) in [5, 5.41) is 3.02. The molecule has 1 saturated carbocycles. The van der Waals surface area contributed by atoms with Gasteiger partial charge in [-0.3, -0.25) is 14.5 Å². The van der Waals surface area contributed by atoms with Crippen LogP contribution in [0.15, 0.2) is 48.8 Å². The number of aromatic nitrogens is 2. The van der Waals surface area contributed by atoms with Gasteiger partial charge in [0.2, 0.25) is 5.91 Å². The van der Waals surface area contributed by atoms with E-state index in [1.165, 1.54) is 0 Å². The maximum Gasteiger partial charge on any atom is 0.253 e. The molecule has 2 fully saturated rings. The third kappa shape index (κ3) is 5.17. The lowest BCUT2D eigenvalue weighted by Crippen LogP contribution is -2.51. The molecule has 2 amide bonds. The van der Waals surface area contributed by atoms with Crippen LogP contribution < -0.4 is 10.1 Å². The number of piperazine rings is 1. The lowest BCUT2D eigenvalue weighted by Gasteiger charge is -2.34. The number of pyridine rings is 1. The molecule has 1 aliphatic heterocycles. The number of fused-ring (bicyclic) bond motifs is 1. The van der Waals surface area contributed by atoms with E-state index in [1.54, 1.807) is 12.1 Å². The highest BCUT2D eigenvalue weighted by Gasteiger charge is 2.26. The molecule has 3 aromatic rings. The molecule has 8 heteroatoms. The maximum absolute atomic E-state index is 12.9. The molecule has 0 bridgehead atoms. The highest BCUT2D eigenvalue weighted by Crippen LogP contribution is 2.19. The fourth-order valence-electron chi connectivity index (χ4n) is 4.12. The van der Waals surface area contributed by atoms with Gasteiger partial charge < -0.3 is 19.4 Å². The molecule has 0 unspecified atom stereocenters.